The fourth-order valence-corrected chi connectivity index (χ4v) is 2.66. The molecule has 27 heavy (non-hydrogen) atoms. The molecule has 3 aromatic rings. The van der Waals surface area contributed by atoms with Crippen LogP contribution in [0.2, 0.25) is 0 Å². The number of benzene rings is 2. The van der Waals surface area contributed by atoms with Gasteiger partial charge in [0.1, 0.15) is 0 Å². The minimum atomic E-state index is -1.00. The van der Waals surface area contributed by atoms with Crippen LogP contribution in [0.4, 0.5) is 0 Å². The lowest BCUT2D eigenvalue weighted by Crippen LogP contribution is -2.31. The lowest BCUT2D eigenvalue weighted by atomic mass is 10.1. The van der Waals surface area contributed by atoms with Crippen LogP contribution in [0, 0.1) is 13.8 Å². The van der Waals surface area contributed by atoms with Crippen LogP contribution in [0.25, 0.3) is 11.0 Å². The summed E-state index contributed by atoms with van der Waals surface area (Å²) in [6.07, 6.45) is -1.00. The van der Waals surface area contributed by atoms with Gasteiger partial charge in [0.2, 0.25) is 6.10 Å². The predicted octanol–water partition coefficient (Wildman–Crippen LogP) is 3.23. The molecule has 0 N–H and O–H groups in total. The highest BCUT2D eigenvalue weighted by molar-refractivity contribution is 5.95. The fraction of sp³-hybridized carbons (Fsp3) is 0.238. The molecule has 0 spiro atoms. The number of nitrogens with zero attached hydrogens (tertiary/aromatic N) is 3. The summed E-state index contributed by atoms with van der Waals surface area (Å²) >= 11 is 0. The molecule has 0 bridgehead atoms. The minimum Gasteiger partial charge on any atom is -0.444 e. The van der Waals surface area contributed by atoms with Crippen molar-refractivity contribution in [2.75, 3.05) is 14.1 Å². The summed E-state index contributed by atoms with van der Waals surface area (Å²) < 4.78 is 5.57. The van der Waals surface area contributed by atoms with Gasteiger partial charge in [-0.2, -0.15) is 0 Å². The number of esters is 1. The summed E-state index contributed by atoms with van der Waals surface area (Å²) in [5.41, 5.74) is 3.92. The second kappa shape index (κ2) is 7.53. The number of ether oxygens (including phenoxy) is 1. The molecule has 0 aliphatic heterocycles. The number of fused-ring (bicyclic) bond motifs is 1. The fourth-order valence-electron chi connectivity index (χ4n) is 2.66. The smallest absolute Gasteiger partial charge is 0.339 e. The second-order valence-electron chi connectivity index (χ2n) is 6.53. The van der Waals surface area contributed by atoms with E-state index in [0.29, 0.717) is 22.2 Å². The Morgan fingerprint density at radius 3 is 2.19 bits per heavy atom. The molecule has 0 saturated carbocycles. The molecule has 138 valence electrons. The summed E-state index contributed by atoms with van der Waals surface area (Å²) in [6, 6.07) is 14.0. The molecular formula is C21H21N3O3. The maximum absolute atomic E-state index is 12.7. The average Bonchev–Trinajstić information content (AvgIpc) is 2.66. The number of rotatable bonds is 4. The van der Waals surface area contributed by atoms with Gasteiger partial charge in [-0.05, 0) is 32.0 Å². The third-order valence-corrected chi connectivity index (χ3v) is 4.30. The molecule has 0 fully saturated rings. The number of carbonyl (C=O) groups excluding carboxylic acids is 2. The number of hydrogen-bond donors (Lipinski definition) is 0. The van der Waals surface area contributed by atoms with Gasteiger partial charge in [-0.15, -0.1) is 0 Å². The van der Waals surface area contributed by atoms with E-state index in [-0.39, 0.29) is 5.91 Å². The van der Waals surface area contributed by atoms with Gasteiger partial charge in [-0.1, -0.05) is 30.3 Å². The van der Waals surface area contributed by atoms with Crippen molar-refractivity contribution in [3.8, 4) is 0 Å². The molecule has 1 unspecified atom stereocenters. The van der Waals surface area contributed by atoms with Crippen molar-refractivity contribution in [2.24, 2.45) is 0 Å². The third kappa shape index (κ3) is 3.95. The Bertz CT molecular complexity index is 1000. The number of hydrogen-bond acceptors (Lipinski definition) is 5. The first-order valence-corrected chi connectivity index (χ1v) is 8.59. The highest BCUT2D eigenvalue weighted by Gasteiger charge is 2.27. The predicted molar refractivity (Wildman–Crippen MR) is 102 cm³/mol. The molecule has 0 radical (unpaired) electrons. The Morgan fingerprint density at radius 1 is 0.926 bits per heavy atom. The van der Waals surface area contributed by atoms with Gasteiger partial charge >= 0.3 is 5.97 Å². The average molecular weight is 363 g/mol. The lowest BCUT2D eigenvalue weighted by molar-refractivity contribution is -0.138. The molecule has 6 nitrogen and oxygen atoms in total. The first-order chi connectivity index (χ1) is 12.9. The molecule has 3 rings (SSSR count). The number of aryl methyl sites for hydroxylation is 2. The van der Waals surface area contributed by atoms with Crippen LogP contribution in [-0.2, 0) is 9.53 Å². The van der Waals surface area contributed by atoms with Gasteiger partial charge in [-0.25, -0.2) is 14.8 Å². The molecule has 0 saturated heterocycles. The van der Waals surface area contributed by atoms with Crippen molar-refractivity contribution in [1.29, 1.82) is 0 Å². The van der Waals surface area contributed by atoms with E-state index in [1.165, 1.54) is 4.90 Å². The van der Waals surface area contributed by atoms with Crippen LogP contribution < -0.4 is 0 Å². The zero-order valence-corrected chi connectivity index (χ0v) is 15.8. The van der Waals surface area contributed by atoms with E-state index in [0.717, 1.165) is 11.4 Å². The molecule has 1 aromatic heterocycles. The second-order valence-corrected chi connectivity index (χ2v) is 6.53. The van der Waals surface area contributed by atoms with Crippen molar-refractivity contribution in [2.45, 2.75) is 20.0 Å². The van der Waals surface area contributed by atoms with E-state index in [2.05, 4.69) is 9.97 Å². The van der Waals surface area contributed by atoms with Gasteiger partial charge in [0.15, 0.2) is 0 Å². The molecule has 1 atom stereocenters. The van der Waals surface area contributed by atoms with Crippen LogP contribution in [-0.4, -0.2) is 40.8 Å². The monoisotopic (exact) mass is 363 g/mol. The van der Waals surface area contributed by atoms with Crippen LogP contribution in [0.5, 0.6) is 0 Å². The van der Waals surface area contributed by atoms with Crippen molar-refractivity contribution in [3.05, 3.63) is 71.0 Å². The summed E-state index contributed by atoms with van der Waals surface area (Å²) in [6.45, 7) is 3.76. The van der Waals surface area contributed by atoms with E-state index in [1.54, 1.807) is 56.6 Å². The van der Waals surface area contributed by atoms with Gasteiger partial charge in [0, 0.05) is 19.7 Å². The van der Waals surface area contributed by atoms with Crippen molar-refractivity contribution < 1.29 is 14.3 Å². The van der Waals surface area contributed by atoms with Crippen LogP contribution >= 0.6 is 0 Å². The Kier molecular flexibility index (Phi) is 5.16. The topological polar surface area (TPSA) is 72.4 Å². The summed E-state index contributed by atoms with van der Waals surface area (Å²) in [4.78, 5) is 35.6. The number of amides is 1. The minimum absolute atomic E-state index is 0.304. The highest BCUT2D eigenvalue weighted by Crippen LogP contribution is 2.22. The molecule has 2 aromatic carbocycles. The molecule has 1 heterocycles. The van der Waals surface area contributed by atoms with Crippen molar-refractivity contribution in [3.63, 3.8) is 0 Å². The maximum atomic E-state index is 12.7. The van der Waals surface area contributed by atoms with Crippen LogP contribution in [0.3, 0.4) is 0 Å². The Labute approximate surface area is 157 Å². The summed E-state index contributed by atoms with van der Waals surface area (Å²) in [5, 5.41) is 0. The van der Waals surface area contributed by atoms with Crippen LogP contribution in [0.1, 0.15) is 33.4 Å². The molecule has 0 aliphatic rings. The third-order valence-electron chi connectivity index (χ3n) is 4.30. The largest absolute Gasteiger partial charge is 0.444 e. The van der Waals surface area contributed by atoms with E-state index in [4.69, 9.17) is 4.74 Å². The highest BCUT2D eigenvalue weighted by atomic mass is 16.5. The SMILES string of the molecule is Cc1nc2ccc(C(=O)OC(C(=O)N(C)C)c3ccccc3)cc2nc1C. The van der Waals surface area contributed by atoms with Gasteiger partial charge < -0.3 is 9.64 Å². The first kappa shape index (κ1) is 18.5. The van der Waals surface area contributed by atoms with Gasteiger partial charge in [0.25, 0.3) is 5.91 Å². The van der Waals surface area contributed by atoms with Gasteiger partial charge in [0.05, 0.1) is 28.0 Å². The van der Waals surface area contributed by atoms with E-state index in [1.807, 2.05) is 19.9 Å². The van der Waals surface area contributed by atoms with Crippen molar-refractivity contribution >= 4 is 22.9 Å². The molecule has 6 heteroatoms. The summed E-state index contributed by atoms with van der Waals surface area (Å²) in [5.74, 6) is -0.886. The Morgan fingerprint density at radius 2 is 1.56 bits per heavy atom. The van der Waals surface area contributed by atoms with Crippen LogP contribution in [0.15, 0.2) is 48.5 Å². The summed E-state index contributed by atoms with van der Waals surface area (Å²) in [7, 11) is 3.26. The van der Waals surface area contributed by atoms with E-state index >= 15 is 0 Å². The Balaban J connectivity index is 1.92. The molecule has 0 aliphatic carbocycles. The normalized spacial score (nSPS) is 11.9. The first-order valence-electron chi connectivity index (χ1n) is 8.59. The lowest BCUT2D eigenvalue weighted by Gasteiger charge is -2.21. The molecule has 1 amide bonds. The quantitative estimate of drug-likeness (QED) is 0.666. The zero-order valence-electron chi connectivity index (χ0n) is 15.8. The molecular weight excluding hydrogens is 342 g/mol. The van der Waals surface area contributed by atoms with E-state index in [9.17, 15) is 9.59 Å². The number of aromatic nitrogens is 2. The number of carbonyl (C=O) groups is 2. The van der Waals surface area contributed by atoms with Gasteiger partial charge in [-0.3, -0.25) is 4.79 Å². The maximum Gasteiger partial charge on any atom is 0.339 e. The van der Waals surface area contributed by atoms with E-state index < -0.39 is 12.1 Å². The zero-order chi connectivity index (χ0) is 19.6. The van der Waals surface area contributed by atoms with Crippen molar-refractivity contribution in [1.82, 2.24) is 14.9 Å². The standard InChI is InChI=1S/C21H21N3O3/c1-13-14(2)23-18-12-16(10-11-17(18)22-13)21(26)27-19(20(25)24(3)4)15-8-6-5-7-9-15/h5-12,19H,1-4H3. The Hall–Kier alpha value is -3.28. The number of likely N-dealkylation sites (N-methyl/N-ethyl adjacent to an activating group) is 1.